The van der Waals surface area contributed by atoms with E-state index in [0.717, 1.165) is 10.0 Å². The number of ether oxygens (including phenoxy) is 1. The van der Waals surface area contributed by atoms with Gasteiger partial charge in [0.2, 0.25) is 0 Å². The molecule has 0 aliphatic rings. The lowest BCUT2D eigenvalue weighted by molar-refractivity contribution is 0.0232. The standard InChI is InChI=1S/C13H19BrN2O2/c1-8(2)9(3)18-7-11-5-4-10(6-12(11)14)13(17)16-15/h4-6,8-9H,7,15H2,1-3H3,(H,16,17). The topological polar surface area (TPSA) is 64.3 Å². The fourth-order valence-corrected chi connectivity index (χ4v) is 1.80. The minimum Gasteiger partial charge on any atom is -0.374 e. The molecule has 3 N–H and O–H groups in total. The number of amides is 1. The number of hydrazine groups is 1. The maximum Gasteiger partial charge on any atom is 0.265 e. The Labute approximate surface area is 116 Å². The third-order valence-corrected chi connectivity index (χ3v) is 3.63. The molecule has 1 rings (SSSR count). The second-order valence-corrected chi connectivity index (χ2v) is 5.39. The van der Waals surface area contributed by atoms with Gasteiger partial charge in [-0.05, 0) is 30.5 Å². The Morgan fingerprint density at radius 3 is 2.61 bits per heavy atom. The van der Waals surface area contributed by atoms with E-state index in [-0.39, 0.29) is 12.0 Å². The van der Waals surface area contributed by atoms with E-state index in [9.17, 15) is 4.79 Å². The molecule has 5 heteroatoms. The lowest BCUT2D eigenvalue weighted by Gasteiger charge is -2.17. The average Bonchev–Trinajstić information content (AvgIpc) is 2.35. The number of benzene rings is 1. The molecule has 0 fully saturated rings. The Balaban J connectivity index is 2.71. The number of carbonyl (C=O) groups is 1. The molecule has 0 aromatic heterocycles. The van der Waals surface area contributed by atoms with Crippen LogP contribution < -0.4 is 11.3 Å². The number of nitrogens with one attached hydrogen (secondary N) is 1. The van der Waals surface area contributed by atoms with Crippen LogP contribution in [0, 0.1) is 5.92 Å². The van der Waals surface area contributed by atoms with Crippen LogP contribution in [-0.2, 0) is 11.3 Å². The van der Waals surface area contributed by atoms with Crippen molar-refractivity contribution in [2.45, 2.75) is 33.5 Å². The van der Waals surface area contributed by atoms with Crippen LogP contribution in [0.1, 0.15) is 36.7 Å². The molecule has 0 heterocycles. The number of nitrogen functional groups attached to an aromatic ring is 1. The van der Waals surface area contributed by atoms with Gasteiger partial charge in [0.15, 0.2) is 0 Å². The zero-order valence-electron chi connectivity index (χ0n) is 10.9. The smallest absolute Gasteiger partial charge is 0.265 e. The number of carbonyl (C=O) groups excluding carboxylic acids is 1. The molecule has 18 heavy (non-hydrogen) atoms. The fraction of sp³-hybridized carbons (Fsp3) is 0.462. The zero-order chi connectivity index (χ0) is 13.7. The van der Waals surface area contributed by atoms with E-state index >= 15 is 0 Å². The van der Waals surface area contributed by atoms with Gasteiger partial charge in [0.1, 0.15) is 0 Å². The van der Waals surface area contributed by atoms with Crippen LogP contribution in [0.15, 0.2) is 22.7 Å². The van der Waals surface area contributed by atoms with Crippen molar-refractivity contribution >= 4 is 21.8 Å². The molecular formula is C13H19BrN2O2. The van der Waals surface area contributed by atoms with Gasteiger partial charge in [-0.15, -0.1) is 0 Å². The SMILES string of the molecule is CC(C)C(C)OCc1ccc(C(=O)NN)cc1Br. The summed E-state index contributed by atoms with van der Waals surface area (Å²) in [5, 5.41) is 0. The van der Waals surface area contributed by atoms with Gasteiger partial charge < -0.3 is 4.74 Å². The molecule has 0 spiro atoms. The summed E-state index contributed by atoms with van der Waals surface area (Å²) in [4.78, 5) is 11.3. The molecule has 1 aromatic rings. The highest BCUT2D eigenvalue weighted by molar-refractivity contribution is 9.10. The van der Waals surface area contributed by atoms with Crippen LogP contribution in [-0.4, -0.2) is 12.0 Å². The van der Waals surface area contributed by atoms with Gasteiger partial charge in [0.25, 0.3) is 5.91 Å². The van der Waals surface area contributed by atoms with Crippen molar-refractivity contribution in [1.82, 2.24) is 5.43 Å². The van der Waals surface area contributed by atoms with Crippen molar-refractivity contribution in [2.75, 3.05) is 0 Å². The van der Waals surface area contributed by atoms with Crippen LogP contribution in [0.3, 0.4) is 0 Å². The molecule has 100 valence electrons. The summed E-state index contributed by atoms with van der Waals surface area (Å²) < 4.78 is 6.59. The number of hydrogen-bond acceptors (Lipinski definition) is 3. The summed E-state index contributed by atoms with van der Waals surface area (Å²) >= 11 is 3.43. The monoisotopic (exact) mass is 314 g/mol. The molecule has 0 aliphatic heterocycles. The summed E-state index contributed by atoms with van der Waals surface area (Å²) in [5.41, 5.74) is 3.63. The molecule has 0 radical (unpaired) electrons. The first-order valence-corrected chi connectivity index (χ1v) is 6.66. The first kappa shape index (κ1) is 15.1. The lowest BCUT2D eigenvalue weighted by atomic mass is 10.1. The van der Waals surface area contributed by atoms with Gasteiger partial charge in [-0.25, -0.2) is 5.84 Å². The van der Waals surface area contributed by atoms with Crippen molar-refractivity contribution in [3.63, 3.8) is 0 Å². The maximum absolute atomic E-state index is 11.3. The van der Waals surface area contributed by atoms with Gasteiger partial charge in [-0.1, -0.05) is 35.8 Å². The van der Waals surface area contributed by atoms with Crippen LogP contribution in [0.5, 0.6) is 0 Å². The summed E-state index contributed by atoms with van der Waals surface area (Å²) in [6.07, 6.45) is 0.198. The third-order valence-electron chi connectivity index (χ3n) is 2.89. The molecule has 1 amide bonds. The molecular weight excluding hydrogens is 296 g/mol. The predicted octanol–water partition coefficient (Wildman–Crippen LogP) is 2.61. The van der Waals surface area contributed by atoms with Crippen molar-refractivity contribution < 1.29 is 9.53 Å². The van der Waals surface area contributed by atoms with Crippen molar-refractivity contribution in [3.8, 4) is 0 Å². The molecule has 1 aromatic carbocycles. The highest BCUT2D eigenvalue weighted by atomic mass is 79.9. The van der Waals surface area contributed by atoms with E-state index < -0.39 is 0 Å². The molecule has 0 aliphatic carbocycles. The summed E-state index contributed by atoms with van der Waals surface area (Å²) in [7, 11) is 0. The average molecular weight is 315 g/mol. The van der Waals surface area contributed by atoms with E-state index in [1.807, 2.05) is 6.07 Å². The first-order chi connectivity index (χ1) is 8.45. The fourth-order valence-electron chi connectivity index (χ4n) is 1.30. The predicted molar refractivity (Wildman–Crippen MR) is 74.9 cm³/mol. The number of nitrogens with two attached hydrogens (primary N) is 1. The minimum absolute atomic E-state index is 0.198. The summed E-state index contributed by atoms with van der Waals surface area (Å²) in [6.45, 7) is 6.81. The second kappa shape index (κ2) is 6.87. The largest absolute Gasteiger partial charge is 0.374 e. The molecule has 1 unspecified atom stereocenters. The van der Waals surface area contributed by atoms with Crippen molar-refractivity contribution in [2.24, 2.45) is 11.8 Å². The first-order valence-electron chi connectivity index (χ1n) is 5.86. The highest BCUT2D eigenvalue weighted by Gasteiger charge is 2.10. The van der Waals surface area contributed by atoms with Crippen molar-refractivity contribution in [1.29, 1.82) is 0 Å². The van der Waals surface area contributed by atoms with Gasteiger partial charge in [0.05, 0.1) is 12.7 Å². The van der Waals surface area contributed by atoms with E-state index in [1.54, 1.807) is 12.1 Å². The van der Waals surface area contributed by atoms with E-state index in [0.29, 0.717) is 18.1 Å². The number of halogens is 1. The van der Waals surface area contributed by atoms with Crippen LogP contribution >= 0.6 is 15.9 Å². The third kappa shape index (κ3) is 4.08. The minimum atomic E-state index is -0.307. The molecule has 4 nitrogen and oxygen atoms in total. The highest BCUT2D eigenvalue weighted by Crippen LogP contribution is 2.20. The van der Waals surface area contributed by atoms with E-state index in [4.69, 9.17) is 10.6 Å². The van der Waals surface area contributed by atoms with Crippen molar-refractivity contribution in [3.05, 3.63) is 33.8 Å². The van der Waals surface area contributed by atoms with Gasteiger partial charge in [0, 0.05) is 10.0 Å². The Morgan fingerprint density at radius 1 is 1.44 bits per heavy atom. The quantitative estimate of drug-likeness (QED) is 0.499. The summed E-state index contributed by atoms with van der Waals surface area (Å²) in [5.74, 6) is 5.26. The Kier molecular flexibility index (Phi) is 5.78. The van der Waals surface area contributed by atoms with Gasteiger partial charge in [-0.3, -0.25) is 10.2 Å². The Morgan fingerprint density at radius 2 is 2.11 bits per heavy atom. The van der Waals surface area contributed by atoms with Gasteiger partial charge in [-0.2, -0.15) is 0 Å². The van der Waals surface area contributed by atoms with Gasteiger partial charge >= 0.3 is 0 Å². The number of hydrogen-bond donors (Lipinski definition) is 2. The van der Waals surface area contributed by atoms with Crippen LogP contribution in [0.25, 0.3) is 0 Å². The summed E-state index contributed by atoms with van der Waals surface area (Å²) in [6, 6.07) is 5.33. The Hall–Kier alpha value is -0.910. The molecule has 0 saturated heterocycles. The van der Waals surface area contributed by atoms with E-state index in [2.05, 4.69) is 42.1 Å². The molecule has 0 saturated carbocycles. The zero-order valence-corrected chi connectivity index (χ0v) is 12.5. The van der Waals surface area contributed by atoms with Crippen LogP contribution in [0.2, 0.25) is 0 Å². The lowest BCUT2D eigenvalue weighted by Crippen LogP contribution is -2.29. The molecule has 0 bridgehead atoms. The Bertz CT molecular complexity index is 421. The normalized spacial score (nSPS) is 12.6. The maximum atomic E-state index is 11.3. The van der Waals surface area contributed by atoms with Crippen LogP contribution in [0.4, 0.5) is 0 Å². The van der Waals surface area contributed by atoms with E-state index in [1.165, 1.54) is 0 Å². The molecule has 1 atom stereocenters. The number of rotatable bonds is 5. The second-order valence-electron chi connectivity index (χ2n) is 4.54.